The molecule has 43 heavy (non-hydrogen) atoms. The summed E-state index contributed by atoms with van der Waals surface area (Å²) in [6, 6.07) is 21.6. The van der Waals surface area contributed by atoms with Gasteiger partial charge in [-0.15, -0.1) is 0 Å². The van der Waals surface area contributed by atoms with Crippen molar-refractivity contribution < 1.29 is 17.6 Å². The average molecular weight is 585 g/mol. The van der Waals surface area contributed by atoms with Crippen molar-refractivity contribution in [1.82, 2.24) is 19.9 Å². The van der Waals surface area contributed by atoms with E-state index in [-0.39, 0.29) is 33.3 Å². The number of aromatic nitrogens is 4. The Morgan fingerprint density at radius 1 is 0.512 bits per heavy atom. The van der Waals surface area contributed by atoms with Crippen molar-refractivity contribution in [3.8, 4) is 22.5 Å². The molecule has 5 rings (SSSR count). The van der Waals surface area contributed by atoms with Crippen molar-refractivity contribution >= 4 is 0 Å². The minimum absolute atomic E-state index is 0.0574. The molecule has 0 bridgehead atoms. The smallest absolute Gasteiger partial charge is 0.224 e. The minimum Gasteiger partial charge on any atom is -0.252 e. The van der Waals surface area contributed by atoms with Gasteiger partial charge in [0.25, 0.3) is 0 Å². The van der Waals surface area contributed by atoms with E-state index >= 15 is 0 Å². The fourth-order valence-electron chi connectivity index (χ4n) is 4.91. The molecule has 4 aromatic heterocycles. The number of hydrogen-bond acceptors (Lipinski definition) is 4. The Balaban J connectivity index is 1.76. The lowest BCUT2D eigenvalue weighted by Gasteiger charge is -2.28. The van der Waals surface area contributed by atoms with Crippen molar-refractivity contribution in [2.45, 2.75) is 58.3 Å². The van der Waals surface area contributed by atoms with E-state index in [1.54, 1.807) is 24.3 Å². The van der Waals surface area contributed by atoms with Crippen LogP contribution in [0.4, 0.5) is 17.6 Å². The number of rotatable bonds is 5. The van der Waals surface area contributed by atoms with Crippen molar-refractivity contribution in [2.75, 3.05) is 0 Å². The van der Waals surface area contributed by atoms with Gasteiger partial charge in [-0.1, -0.05) is 71.9 Å². The van der Waals surface area contributed by atoms with Gasteiger partial charge in [0.15, 0.2) is 0 Å². The number of halogens is 4. The number of hydrogen-bond donors (Lipinski definition) is 0. The van der Waals surface area contributed by atoms with Gasteiger partial charge in [-0.25, -0.2) is 0 Å². The average Bonchev–Trinajstić information content (AvgIpc) is 2.92. The predicted octanol–water partition coefficient (Wildman–Crippen LogP) is 8.93. The normalized spacial score (nSPS) is 12.2. The van der Waals surface area contributed by atoms with Gasteiger partial charge in [0.05, 0.1) is 39.8 Å². The molecule has 0 unspecified atom stereocenters. The molecule has 4 heterocycles. The van der Waals surface area contributed by atoms with Gasteiger partial charge in [-0.3, -0.25) is 9.97 Å². The van der Waals surface area contributed by atoms with Gasteiger partial charge in [-0.05, 0) is 76.1 Å². The summed E-state index contributed by atoms with van der Waals surface area (Å²) in [7, 11) is 0. The van der Waals surface area contributed by atoms with Gasteiger partial charge in [0.2, 0.25) is 23.8 Å². The van der Waals surface area contributed by atoms with E-state index < -0.39 is 29.7 Å². The minimum atomic E-state index is -0.967. The summed E-state index contributed by atoms with van der Waals surface area (Å²) in [4.78, 5) is 16.3. The highest BCUT2D eigenvalue weighted by Gasteiger charge is 2.27. The predicted molar refractivity (Wildman–Crippen MR) is 160 cm³/mol. The lowest BCUT2D eigenvalue weighted by atomic mass is 9.77. The summed E-state index contributed by atoms with van der Waals surface area (Å²) in [6.07, 6.45) is 0. The van der Waals surface area contributed by atoms with Crippen LogP contribution in [0, 0.1) is 23.8 Å². The monoisotopic (exact) mass is 584 g/mol. The summed E-state index contributed by atoms with van der Waals surface area (Å²) in [5, 5.41) is 0. The summed E-state index contributed by atoms with van der Waals surface area (Å²) >= 11 is 0. The van der Waals surface area contributed by atoms with Crippen molar-refractivity contribution in [1.29, 1.82) is 0 Å². The van der Waals surface area contributed by atoms with Gasteiger partial charge in [0.1, 0.15) is 0 Å². The van der Waals surface area contributed by atoms with E-state index in [4.69, 9.17) is 9.97 Å². The van der Waals surface area contributed by atoms with Crippen LogP contribution in [-0.2, 0) is 10.8 Å². The van der Waals surface area contributed by atoms with Crippen molar-refractivity contribution in [3.05, 3.63) is 131 Å². The molecule has 0 fully saturated rings. The second-order valence-electron chi connectivity index (χ2n) is 12.6. The summed E-state index contributed by atoms with van der Waals surface area (Å²) in [5.41, 5.74) is 4.51. The van der Waals surface area contributed by atoms with E-state index in [1.165, 1.54) is 12.1 Å². The SMILES string of the molecule is CC(C)(C)c1cc(C(c2cccc(-c3ccc(F)nc3F)n2)c2cccc(-c3ccc(F)nc3F)n2)cc(C(C)(C)C)c1. The van der Waals surface area contributed by atoms with Crippen LogP contribution >= 0.6 is 0 Å². The highest BCUT2D eigenvalue weighted by molar-refractivity contribution is 5.61. The molecule has 4 nitrogen and oxygen atoms in total. The number of benzene rings is 1. The van der Waals surface area contributed by atoms with E-state index in [1.807, 2.05) is 12.1 Å². The van der Waals surface area contributed by atoms with Crippen LogP contribution in [0.5, 0.6) is 0 Å². The summed E-state index contributed by atoms with van der Waals surface area (Å²) < 4.78 is 56.6. The molecule has 0 aliphatic carbocycles. The standard InChI is InChI=1S/C35H32F4N4/c1-34(2,3)21-17-20(18-22(19-21)35(4,5)6)31(27-11-7-9-25(40-27)23-13-15-29(36)42-32(23)38)28-12-8-10-26(41-28)24-14-16-30(37)43-33(24)39/h7-19,31H,1-6H3. The Morgan fingerprint density at radius 3 is 1.30 bits per heavy atom. The van der Waals surface area contributed by atoms with Crippen LogP contribution in [0.2, 0.25) is 0 Å². The van der Waals surface area contributed by atoms with E-state index in [0.29, 0.717) is 11.4 Å². The molecular formula is C35H32F4N4. The zero-order valence-electron chi connectivity index (χ0n) is 24.9. The number of pyridine rings is 4. The molecular weight excluding hydrogens is 552 g/mol. The molecule has 0 amide bonds. The van der Waals surface area contributed by atoms with E-state index in [2.05, 4.69) is 69.7 Å². The third-order valence-electron chi connectivity index (χ3n) is 7.33. The zero-order valence-corrected chi connectivity index (χ0v) is 24.9. The second kappa shape index (κ2) is 11.3. The molecule has 5 aromatic rings. The first-order chi connectivity index (χ1) is 20.2. The molecule has 0 N–H and O–H groups in total. The molecule has 1 aromatic carbocycles. The van der Waals surface area contributed by atoms with Crippen molar-refractivity contribution in [3.63, 3.8) is 0 Å². The Hall–Kier alpha value is -4.46. The highest BCUT2D eigenvalue weighted by Crippen LogP contribution is 2.38. The molecule has 0 atom stereocenters. The maximum Gasteiger partial charge on any atom is 0.224 e. The van der Waals surface area contributed by atoms with Gasteiger partial charge in [0, 0.05) is 0 Å². The molecule has 0 saturated heterocycles. The molecule has 8 heteroatoms. The van der Waals surface area contributed by atoms with Crippen molar-refractivity contribution in [2.24, 2.45) is 0 Å². The quantitative estimate of drug-likeness (QED) is 0.153. The molecule has 0 saturated carbocycles. The van der Waals surface area contributed by atoms with Crippen LogP contribution in [0.25, 0.3) is 22.5 Å². The van der Waals surface area contributed by atoms with Crippen LogP contribution in [0.1, 0.15) is 75.5 Å². The fourth-order valence-corrected chi connectivity index (χ4v) is 4.91. The van der Waals surface area contributed by atoms with Crippen LogP contribution in [0.15, 0.2) is 78.9 Å². The summed E-state index contributed by atoms with van der Waals surface area (Å²) in [6.45, 7) is 12.8. The Morgan fingerprint density at radius 2 is 0.930 bits per heavy atom. The Kier molecular flexibility index (Phi) is 7.90. The van der Waals surface area contributed by atoms with Gasteiger partial charge < -0.3 is 0 Å². The van der Waals surface area contributed by atoms with E-state index in [0.717, 1.165) is 28.8 Å². The maximum atomic E-state index is 14.7. The van der Waals surface area contributed by atoms with Gasteiger partial charge >= 0.3 is 0 Å². The molecule has 0 aliphatic rings. The van der Waals surface area contributed by atoms with Crippen LogP contribution in [0.3, 0.4) is 0 Å². The lowest BCUT2D eigenvalue weighted by Crippen LogP contribution is -2.19. The Bertz CT molecular complexity index is 1680. The third kappa shape index (κ3) is 6.48. The zero-order chi connectivity index (χ0) is 31.1. The molecule has 0 spiro atoms. The second-order valence-corrected chi connectivity index (χ2v) is 12.6. The molecule has 220 valence electrons. The topological polar surface area (TPSA) is 51.6 Å². The van der Waals surface area contributed by atoms with E-state index in [9.17, 15) is 17.6 Å². The first-order valence-electron chi connectivity index (χ1n) is 14.0. The summed E-state index contributed by atoms with van der Waals surface area (Å²) in [5.74, 6) is -4.34. The first-order valence-corrected chi connectivity index (χ1v) is 14.0. The first kappa shape index (κ1) is 30.0. The Labute approximate surface area is 248 Å². The maximum absolute atomic E-state index is 14.7. The number of nitrogens with zero attached hydrogens (tertiary/aromatic N) is 4. The molecule has 0 radical (unpaired) electrons. The fraction of sp³-hybridized carbons (Fsp3) is 0.257. The third-order valence-corrected chi connectivity index (χ3v) is 7.33. The molecule has 0 aliphatic heterocycles. The lowest BCUT2D eigenvalue weighted by molar-refractivity contribution is 0.514. The highest BCUT2D eigenvalue weighted by atomic mass is 19.1. The van der Waals surface area contributed by atoms with Crippen LogP contribution < -0.4 is 0 Å². The van der Waals surface area contributed by atoms with Crippen LogP contribution in [-0.4, -0.2) is 19.9 Å². The largest absolute Gasteiger partial charge is 0.252 e. The van der Waals surface area contributed by atoms with Gasteiger partial charge in [-0.2, -0.15) is 27.5 Å².